The van der Waals surface area contributed by atoms with E-state index in [1.807, 2.05) is 0 Å². The number of methoxy groups -OCH3 is 2. The first-order valence-corrected chi connectivity index (χ1v) is 7.53. The monoisotopic (exact) mass is 355 g/mol. The van der Waals surface area contributed by atoms with Crippen molar-refractivity contribution in [1.82, 2.24) is 15.0 Å². The summed E-state index contributed by atoms with van der Waals surface area (Å²) in [6, 6.07) is 8.56. The minimum atomic E-state index is -0.931. The zero-order valence-electron chi connectivity index (χ0n) is 14.1. The Balaban J connectivity index is 2.12. The summed E-state index contributed by atoms with van der Waals surface area (Å²) in [7, 11) is 3.08. The maximum Gasteiger partial charge on any atom is 0.410 e. The lowest BCUT2D eigenvalue weighted by Crippen LogP contribution is -2.16. The Kier molecular flexibility index (Phi) is 4.61. The maximum atomic E-state index is 11.3. The molecule has 0 atom stereocenters. The number of aromatic nitrogens is 3. The van der Waals surface area contributed by atoms with Crippen LogP contribution in [0.5, 0.6) is 17.2 Å². The third kappa shape index (κ3) is 3.36. The topological polar surface area (TPSA) is 138 Å². The van der Waals surface area contributed by atoms with Crippen molar-refractivity contribution in [2.45, 2.75) is 0 Å². The van der Waals surface area contributed by atoms with E-state index in [0.717, 1.165) is 0 Å². The van der Waals surface area contributed by atoms with Crippen LogP contribution in [0.15, 0.2) is 36.5 Å². The number of hydrogen-bond donors (Lipinski definition) is 3. The molecule has 0 spiro atoms. The van der Waals surface area contributed by atoms with E-state index < -0.39 is 6.09 Å². The fraction of sp³-hybridized carbons (Fsp3) is 0.118. The summed E-state index contributed by atoms with van der Waals surface area (Å²) in [4.78, 5) is 22.4. The Bertz CT molecular complexity index is 954. The fourth-order valence-corrected chi connectivity index (χ4v) is 2.49. The number of H-pyrrole nitrogens is 1. The van der Waals surface area contributed by atoms with Gasteiger partial charge in [0.25, 0.3) is 0 Å². The Morgan fingerprint density at radius 1 is 1.08 bits per heavy atom. The van der Waals surface area contributed by atoms with E-state index in [1.165, 1.54) is 13.3 Å². The van der Waals surface area contributed by atoms with E-state index in [-0.39, 0.29) is 11.7 Å². The highest BCUT2D eigenvalue weighted by Gasteiger charge is 2.17. The standard InChI is InChI=1S/C17H17N5O4/c1-24-12-4-3-9(7-13(12)25-2)15-14(26-17(19)23)8-11(21-15)10-5-6-20-16(18)22-10/h3-8,21H,1-2H3,(H2,19,23)(H2,18,20,22). The maximum absolute atomic E-state index is 11.3. The van der Waals surface area contributed by atoms with E-state index in [0.29, 0.717) is 34.1 Å². The first-order valence-electron chi connectivity index (χ1n) is 7.53. The second kappa shape index (κ2) is 7.01. The summed E-state index contributed by atoms with van der Waals surface area (Å²) >= 11 is 0. The number of nitrogen functional groups attached to an aromatic ring is 1. The fourth-order valence-electron chi connectivity index (χ4n) is 2.49. The minimum Gasteiger partial charge on any atom is -0.493 e. The van der Waals surface area contributed by atoms with Crippen LogP contribution in [0.1, 0.15) is 0 Å². The molecule has 0 aliphatic heterocycles. The number of anilines is 1. The van der Waals surface area contributed by atoms with Crippen molar-refractivity contribution in [3.8, 4) is 39.9 Å². The predicted octanol–water partition coefficient (Wildman–Crippen LogP) is 2.20. The van der Waals surface area contributed by atoms with Crippen LogP contribution in [-0.2, 0) is 0 Å². The van der Waals surface area contributed by atoms with Crippen molar-refractivity contribution in [1.29, 1.82) is 0 Å². The van der Waals surface area contributed by atoms with Crippen LogP contribution >= 0.6 is 0 Å². The third-order valence-corrected chi connectivity index (χ3v) is 3.61. The van der Waals surface area contributed by atoms with Crippen LogP contribution in [0.2, 0.25) is 0 Å². The first kappa shape index (κ1) is 17.1. The van der Waals surface area contributed by atoms with E-state index in [2.05, 4.69) is 15.0 Å². The molecule has 3 rings (SSSR count). The van der Waals surface area contributed by atoms with Gasteiger partial charge in [0.05, 0.1) is 31.3 Å². The van der Waals surface area contributed by atoms with Gasteiger partial charge in [0, 0.05) is 17.8 Å². The Labute approximate surface area is 148 Å². The summed E-state index contributed by atoms with van der Waals surface area (Å²) in [6.07, 6.45) is 0.600. The van der Waals surface area contributed by atoms with Gasteiger partial charge in [-0.3, -0.25) is 0 Å². The summed E-state index contributed by atoms with van der Waals surface area (Å²) < 4.78 is 15.7. The molecule has 0 aliphatic rings. The number of carbonyl (C=O) groups excluding carboxylic acids is 1. The van der Waals surface area contributed by atoms with Gasteiger partial charge < -0.3 is 30.7 Å². The molecule has 0 fully saturated rings. The highest BCUT2D eigenvalue weighted by Crippen LogP contribution is 2.38. The molecule has 3 aromatic rings. The molecule has 0 bridgehead atoms. The van der Waals surface area contributed by atoms with E-state index >= 15 is 0 Å². The highest BCUT2D eigenvalue weighted by atomic mass is 16.5. The Morgan fingerprint density at radius 2 is 1.85 bits per heavy atom. The molecular weight excluding hydrogens is 338 g/mol. The summed E-state index contributed by atoms with van der Waals surface area (Å²) in [5.74, 6) is 1.47. The quantitative estimate of drug-likeness (QED) is 0.637. The van der Waals surface area contributed by atoms with Crippen molar-refractivity contribution in [2.75, 3.05) is 20.0 Å². The molecule has 2 aromatic heterocycles. The van der Waals surface area contributed by atoms with Gasteiger partial charge in [-0.25, -0.2) is 14.8 Å². The lowest BCUT2D eigenvalue weighted by atomic mass is 10.1. The van der Waals surface area contributed by atoms with Gasteiger partial charge in [-0.1, -0.05) is 0 Å². The normalized spacial score (nSPS) is 10.4. The highest BCUT2D eigenvalue weighted by molar-refractivity contribution is 5.79. The largest absolute Gasteiger partial charge is 0.493 e. The number of benzene rings is 1. The minimum absolute atomic E-state index is 0.127. The van der Waals surface area contributed by atoms with Crippen molar-refractivity contribution in [3.63, 3.8) is 0 Å². The van der Waals surface area contributed by atoms with Crippen LogP contribution in [0, 0.1) is 0 Å². The first-order chi connectivity index (χ1) is 12.5. The molecule has 0 saturated heterocycles. The number of aromatic amines is 1. The third-order valence-electron chi connectivity index (χ3n) is 3.61. The molecule has 0 saturated carbocycles. The van der Waals surface area contributed by atoms with Gasteiger partial charge in [-0.15, -0.1) is 0 Å². The Morgan fingerprint density at radius 3 is 2.50 bits per heavy atom. The van der Waals surface area contributed by atoms with Crippen molar-refractivity contribution in [3.05, 3.63) is 36.5 Å². The van der Waals surface area contributed by atoms with Gasteiger partial charge in [-0.2, -0.15) is 0 Å². The second-order valence-electron chi connectivity index (χ2n) is 5.21. The van der Waals surface area contributed by atoms with Crippen LogP contribution in [0.4, 0.5) is 10.7 Å². The molecule has 0 radical (unpaired) electrons. The van der Waals surface area contributed by atoms with Crippen molar-refractivity contribution < 1.29 is 19.0 Å². The average Bonchev–Trinajstić information content (AvgIpc) is 3.04. The second-order valence-corrected chi connectivity index (χ2v) is 5.21. The zero-order valence-corrected chi connectivity index (χ0v) is 14.1. The average molecular weight is 355 g/mol. The van der Waals surface area contributed by atoms with Crippen molar-refractivity contribution in [2.24, 2.45) is 5.73 Å². The number of amides is 1. The number of ether oxygens (including phenoxy) is 3. The number of nitrogens with two attached hydrogens (primary N) is 2. The number of carbonyl (C=O) groups is 1. The van der Waals surface area contributed by atoms with Crippen LogP contribution in [0.3, 0.4) is 0 Å². The molecular formula is C17H17N5O4. The van der Waals surface area contributed by atoms with Gasteiger partial charge in [0.1, 0.15) is 0 Å². The molecule has 9 nitrogen and oxygen atoms in total. The van der Waals surface area contributed by atoms with Gasteiger partial charge in [0.2, 0.25) is 5.95 Å². The molecule has 1 aromatic carbocycles. The molecule has 134 valence electrons. The molecule has 9 heteroatoms. The van der Waals surface area contributed by atoms with Crippen LogP contribution < -0.4 is 25.7 Å². The number of rotatable bonds is 5. The van der Waals surface area contributed by atoms with E-state index in [1.54, 1.807) is 37.4 Å². The molecule has 0 unspecified atom stereocenters. The number of primary amides is 1. The number of nitrogens with zero attached hydrogens (tertiary/aromatic N) is 2. The summed E-state index contributed by atoms with van der Waals surface area (Å²) in [5, 5.41) is 0. The molecule has 2 heterocycles. The zero-order chi connectivity index (χ0) is 18.7. The SMILES string of the molecule is COc1ccc(-c2[nH]c(-c3ccnc(N)n3)cc2OC(N)=O)cc1OC. The summed E-state index contributed by atoms with van der Waals surface area (Å²) in [6.45, 7) is 0. The molecule has 0 aliphatic carbocycles. The Hall–Kier alpha value is -3.75. The van der Waals surface area contributed by atoms with Gasteiger partial charge in [-0.05, 0) is 24.3 Å². The number of nitrogens with one attached hydrogen (secondary N) is 1. The predicted molar refractivity (Wildman–Crippen MR) is 95.0 cm³/mol. The molecule has 26 heavy (non-hydrogen) atoms. The lowest BCUT2D eigenvalue weighted by molar-refractivity contribution is 0.211. The van der Waals surface area contributed by atoms with Gasteiger partial charge >= 0.3 is 6.09 Å². The smallest absolute Gasteiger partial charge is 0.410 e. The number of hydrogen-bond acceptors (Lipinski definition) is 7. The van der Waals surface area contributed by atoms with Crippen LogP contribution in [0.25, 0.3) is 22.6 Å². The molecule has 5 N–H and O–H groups in total. The molecule has 1 amide bonds. The van der Waals surface area contributed by atoms with E-state index in [9.17, 15) is 4.79 Å². The van der Waals surface area contributed by atoms with Crippen molar-refractivity contribution >= 4 is 12.0 Å². The van der Waals surface area contributed by atoms with E-state index in [4.69, 9.17) is 25.7 Å². The van der Waals surface area contributed by atoms with Crippen LogP contribution in [-0.4, -0.2) is 35.3 Å². The summed E-state index contributed by atoms with van der Waals surface area (Å²) in [5.41, 5.74) is 13.2. The lowest BCUT2D eigenvalue weighted by Gasteiger charge is -2.10. The van der Waals surface area contributed by atoms with Gasteiger partial charge in [0.15, 0.2) is 17.2 Å².